The summed E-state index contributed by atoms with van der Waals surface area (Å²) < 4.78 is 1.66. The van der Waals surface area contributed by atoms with Gasteiger partial charge in [-0.15, -0.1) is 11.3 Å². The maximum atomic E-state index is 12.8. The zero-order chi connectivity index (χ0) is 18.0. The molecule has 1 aromatic carbocycles. The van der Waals surface area contributed by atoms with Crippen molar-refractivity contribution in [3.8, 4) is 16.9 Å². The third-order valence-corrected chi connectivity index (χ3v) is 5.48. The molecule has 5 heteroatoms. The Kier molecular flexibility index (Phi) is 10.0. The van der Waals surface area contributed by atoms with Gasteiger partial charge in [-0.05, 0) is 37.0 Å². The Balaban J connectivity index is 0.00000151. The summed E-state index contributed by atoms with van der Waals surface area (Å²) in [5, 5.41) is 11.7. The van der Waals surface area contributed by atoms with Crippen LogP contribution in [0.3, 0.4) is 0 Å². The monoisotopic (exact) mass is 447 g/mol. The first kappa shape index (κ1) is 25.0. The van der Waals surface area contributed by atoms with E-state index in [1.54, 1.807) is 23.0 Å². The minimum absolute atomic E-state index is 0. The van der Waals surface area contributed by atoms with Crippen LogP contribution < -0.4 is 5.56 Å². The molecule has 3 rings (SSSR count). The van der Waals surface area contributed by atoms with Crippen molar-refractivity contribution in [2.24, 2.45) is 7.05 Å². The zero-order valence-corrected chi connectivity index (χ0v) is 20.5. The molecule has 0 bridgehead atoms. The van der Waals surface area contributed by atoms with E-state index in [2.05, 4.69) is 6.92 Å². The molecule has 0 fully saturated rings. The molecule has 1 N–H and O–H groups in total. The maximum Gasteiger partial charge on any atom is 0.263 e. The molecule has 1 radical (unpaired) electrons. The molecule has 139 valence electrons. The minimum atomic E-state index is -0.150. The smallest absolute Gasteiger partial charge is 0.263 e. The number of nitrogens with zero attached hydrogens (tertiary/aromatic N) is 1. The molecule has 2 aromatic heterocycles. The molecular weight excluding hydrogens is 419 g/mol. The predicted molar refractivity (Wildman–Crippen MR) is 111 cm³/mol. The van der Waals surface area contributed by atoms with Crippen molar-refractivity contribution in [3.05, 3.63) is 58.0 Å². The summed E-state index contributed by atoms with van der Waals surface area (Å²) in [5.41, 5.74) is 3.17. The van der Waals surface area contributed by atoms with Crippen molar-refractivity contribution >= 4 is 21.6 Å². The van der Waals surface area contributed by atoms with Gasteiger partial charge in [0.05, 0.1) is 10.9 Å². The summed E-state index contributed by atoms with van der Waals surface area (Å²) in [5.74, 6) is 0.119. The summed E-state index contributed by atoms with van der Waals surface area (Å²) >= 11 is 1.57. The third kappa shape index (κ3) is 4.13. The van der Waals surface area contributed by atoms with E-state index >= 15 is 0 Å². The van der Waals surface area contributed by atoms with Crippen molar-refractivity contribution < 1.29 is 37.8 Å². The molecule has 0 saturated heterocycles. The molecule has 0 amide bonds. The minimum Gasteiger partial charge on any atom is -0.506 e. The van der Waals surface area contributed by atoms with Crippen molar-refractivity contribution in [2.75, 3.05) is 0 Å². The summed E-state index contributed by atoms with van der Waals surface area (Å²) in [7, 11) is 1.78. The van der Waals surface area contributed by atoms with E-state index in [0.29, 0.717) is 5.56 Å². The molecule has 26 heavy (non-hydrogen) atoms. The number of thiophene rings is 1. The number of benzene rings is 1. The van der Waals surface area contributed by atoms with Gasteiger partial charge < -0.3 is 17.1 Å². The number of hydrogen-bond donors (Lipinski definition) is 1. The summed E-state index contributed by atoms with van der Waals surface area (Å²) in [4.78, 5) is 14.8. The van der Waals surface area contributed by atoms with Gasteiger partial charge in [0.2, 0.25) is 0 Å². The Bertz CT molecular complexity index is 941. The fourth-order valence-corrected chi connectivity index (χ4v) is 4.25. The van der Waals surface area contributed by atoms with Crippen LogP contribution in [-0.4, -0.2) is 9.67 Å². The Morgan fingerprint density at radius 3 is 2.27 bits per heavy atom. The number of hydrogen-bond acceptors (Lipinski definition) is 3. The SMILES string of the molecule is CC.CCc1c(C)sc2c1c(O)c(-c1ccccc1C)c(=O)n2C.[CH3-].[Y]. The molecule has 0 spiro atoms. The van der Waals surface area contributed by atoms with E-state index in [4.69, 9.17) is 0 Å². The van der Waals surface area contributed by atoms with E-state index in [1.807, 2.05) is 52.0 Å². The molecule has 0 unspecified atom stereocenters. The second-order valence-corrected chi connectivity index (χ2v) is 6.78. The van der Waals surface area contributed by atoms with Crippen LogP contribution in [0.25, 0.3) is 21.3 Å². The Hall–Kier alpha value is -0.966. The maximum absolute atomic E-state index is 12.8. The number of aryl methyl sites for hydroxylation is 4. The van der Waals surface area contributed by atoms with Gasteiger partial charge in [0, 0.05) is 44.6 Å². The largest absolute Gasteiger partial charge is 0.506 e. The second-order valence-electron chi connectivity index (χ2n) is 5.57. The molecule has 0 atom stereocenters. The first-order valence-electron chi connectivity index (χ1n) is 8.37. The molecule has 3 aromatic rings. The van der Waals surface area contributed by atoms with Crippen LogP contribution in [-0.2, 0) is 46.2 Å². The van der Waals surface area contributed by atoms with Gasteiger partial charge in [-0.2, -0.15) is 0 Å². The molecule has 0 aliphatic rings. The molecule has 0 aliphatic heterocycles. The van der Waals surface area contributed by atoms with Gasteiger partial charge in [-0.1, -0.05) is 45.0 Å². The van der Waals surface area contributed by atoms with E-state index < -0.39 is 0 Å². The van der Waals surface area contributed by atoms with Crippen LogP contribution in [0.4, 0.5) is 0 Å². The van der Waals surface area contributed by atoms with Crippen LogP contribution in [0.1, 0.15) is 36.8 Å². The number of pyridine rings is 1. The van der Waals surface area contributed by atoms with Gasteiger partial charge in [0.15, 0.2) is 0 Å². The van der Waals surface area contributed by atoms with E-state index in [0.717, 1.165) is 38.2 Å². The zero-order valence-electron chi connectivity index (χ0n) is 16.8. The van der Waals surface area contributed by atoms with Gasteiger partial charge in [-0.3, -0.25) is 4.79 Å². The van der Waals surface area contributed by atoms with E-state index in [-0.39, 0.29) is 51.4 Å². The summed E-state index contributed by atoms with van der Waals surface area (Å²) in [6.07, 6.45) is 0.838. The Morgan fingerprint density at radius 2 is 1.73 bits per heavy atom. The van der Waals surface area contributed by atoms with Crippen LogP contribution in [0.2, 0.25) is 0 Å². The average Bonchev–Trinajstić information content (AvgIpc) is 2.93. The van der Waals surface area contributed by atoms with Gasteiger partial charge in [0.25, 0.3) is 5.56 Å². The van der Waals surface area contributed by atoms with Gasteiger partial charge in [-0.25, -0.2) is 0 Å². The van der Waals surface area contributed by atoms with Gasteiger partial charge in [0.1, 0.15) is 10.6 Å². The van der Waals surface area contributed by atoms with E-state index in [9.17, 15) is 9.90 Å². The van der Waals surface area contributed by atoms with Gasteiger partial charge >= 0.3 is 0 Å². The number of aromatic nitrogens is 1. The van der Waals surface area contributed by atoms with Crippen molar-refractivity contribution in [3.63, 3.8) is 0 Å². The molecule has 3 nitrogen and oxygen atoms in total. The Morgan fingerprint density at radius 1 is 1.15 bits per heavy atom. The summed E-state index contributed by atoms with van der Waals surface area (Å²) in [6, 6.07) is 7.68. The Labute approximate surface area is 186 Å². The number of aromatic hydroxyl groups is 1. The van der Waals surface area contributed by atoms with Crippen LogP contribution in [0.5, 0.6) is 5.75 Å². The van der Waals surface area contributed by atoms with E-state index in [1.165, 1.54) is 0 Å². The standard InChI is InChI=1S/C18H19NO2S.C2H6.CH3.Y/c1-5-12-11(3)22-18-15(12)16(20)14(17(21)19(18)4)13-9-7-6-8-10(13)2;1-2;;/h6-9,20H,5H2,1-4H3;1-2H3;1H3;/q;;-1;. The molecule has 0 aliphatic carbocycles. The fourth-order valence-electron chi connectivity index (χ4n) is 3.05. The normalized spacial score (nSPS) is 9.77. The predicted octanol–water partition coefficient (Wildman–Crippen LogP) is 5.63. The average molecular weight is 447 g/mol. The molecule has 0 saturated carbocycles. The topological polar surface area (TPSA) is 42.2 Å². The molecule has 2 heterocycles. The summed E-state index contributed by atoms with van der Waals surface area (Å²) in [6.45, 7) is 10.1. The first-order valence-corrected chi connectivity index (χ1v) is 9.18. The van der Waals surface area contributed by atoms with Crippen LogP contribution in [0.15, 0.2) is 29.1 Å². The second kappa shape index (κ2) is 10.4. The van der Waals surface area contributed by atoms with Crippen molar-refractivity contribution in [1.82, 2.24) is 4.57 Å². The first-order chi connectivity index (χ1) is 11.5. The molecular formula is C21H28NO2SY-. The van der Waals surface area contributed by atoms with Crippen molar-refractivity contribution in [1.29, 1.82) is 0 Å². The van der Waals surface area contributed by atoms with Crippen molar-refractivity contribution in [2.45, 2.75) is 41.0 Å². The number of fused-ring (bicyclic) bond motifs is 1. The number of rotatable bonds is 2. The third-order valence-electron chi connectivity index (χ3n) is 4.26. The quantitative estimate of drug-likeness (QED) is 0.518. The fraction of sp³-hybridized carbons (Fsp3) is 0.333. The van der Waals surface area contributed by atoms with Crippen LogP contribution in [0, 0.1) is 21.3 Å². The van der Waals surface area contributed by atoms with Crippen LogP contribution >= 0.6 is 11.3 Å².